The van der Waals surface area contributed by atoms with Crippen LogP contribution >= 0.6 is 11.8 Å². The van der Waals surface area contributed by atoms with E-state index in [4.69, 9.17) is 10.4 Å². The van der Waals surface area contributed by atoms with Crippen molar-refractivity contribution in [2.24, 2.45) is 5.92 Å². The summed E-state index contributed by atoms with van der Waals surface area (Å²) in [6.07, 6.45) is 1.88. The largest absolute Gasteiger partial charge is 0.481 e. The Morgan fingerprint density at radius 3 is 2.81 bits per heavy atom. The summed E-state index contributed by atoms with van der Waals surface area (Å²) < 4.78 is 0. The molecule has 1 amide bonds. The molecule has 5 nitrogen and oxygen atoms in total. The highest BCUT2D eigenvalue weighted by Crippen LogP contribution is 2.25. The number of carboxylic acid groups (broad SMARTS) is 1. The first-order chi connectivity index (χ1) is 7.63. The molecule has 0 saturated heterocycles. The number of thioether (sulfide) groups is 1. The third-order valence-electron chi connectivity index (χ3n) is 2.55. The van der Waals surface area contributed by atoms with E-state index in [1.54, 1.807) is 0 Å². The Bertz CT molecular complexity index is 314. The summed E-state index contributed by atoms with van der Waals surface area (Å²) >= 11 is 1.26. The van der Waals surface area contributed by atoms with Crippen LogP contribution in [0.2, 0.25) is 0 Å². The summed E-state index contributed by atoms with van der Waals surface area (Å²) in [5.74, 6) is -0.651. The summed E-state index contributed by atoms with van der Waals surface area (Å²) in [6.45, 7) is 0. The average molecular weight is 242 g/mol. The summed E-state index contributed by atoms with van der Waals surface area (Å²) in [6, 6.07) is 1.93. The maximum absolute atomic E-state index is 11.4. The minimum atomic E-state index is -0.782. The van der Waals surface area contributed by atoms with Gasteiger partial charge in [0.05, 0.1) is 23.5 Å². The fourth-order valence-corrected chi connectivity index (χ4v) is 2.26. The first-order valence-corrected chi connectivity index (χ1v) is 6.25. The molecule has 0 aromatic carbocycles. The topological polar surface area (TPSA) is 90.2 Å². The van der Waals surface area contributed by atoms with Gasteiger partial charge in [-0.1, -0.05) is 0 Å². The molecule has 1 saturated carbocycles. The monoisotopic (exact) mass is 242 g/mol. The number of hydrogen-bond donors (Lipinski definition) is 2. The van der Waals surface area contributed by atoms with Crippen molar-refractivity contribution in [2.75, 3.05) is 11.5 Å². The van der Waals surface area contributed by atoms with Crippen LogP contribution in [0.25, 0.3) is 0 Å². The number of carboxylic acids is 1. The molecule has 0 spiro atoms. The highest BCUT2D eigenvalue weighted by Gasteiger charge is 2.30. The van der Waals surface area contributed by atoms with Gasteiger partial charge in [0.1, 0.15) is 0 Å². The van der Waals surface area contributed by atoms with E-state index in [0.29, 0.717) is 18.6 Å². The molecule has 2 atom stereocenters. The van der Waals surface area contributed by atoms with Gasteiger partial charge < -0.3 is 10.4 Å². The molecule has 16 heavy (non-hydrogen) atoms. The van der Waals surface area contributed by atoms with Crippen LogP contribution in [0, 0.1) is 17.2 Å². The predicted molar refractivity (Wildman–Crippen MR) is 59.8 cm³/mol. The molecule has 0 aromatic rings. The van der Waals surface area contributed by atoms with E-state index in [1.807, 2.05) is 6.07 Å². The molecule has 0 radical (unpaired) electrons. The molecule has 1 aliphatic carbocycles. The van der Waals surface area contributed by atoms with Gasteiger partial charge in [-0.05, 0) is 19.3 Å². The second-order valence-electron chi connectivity index (χ2n) is 3.76. The van der Waals surface area contributed by atoms with Gasteiger partial charge in [-0.25, -0.2) is 0 Å². The van der Waals surface area contributed by atoms with Crippen LogP contribution in [-0.4, -0.2) is 34.5 Å². The summed E-state index contributed by atoms with van der Waals surface area (Å²) in [4.78, 5) is 22.1. The van der Waals surface area contributed by atoms with E-state index in [0.717, 1.165) is 6.42 Å². The van der Waals surface area contributed by atoms with Crippen LogP contribution in [0.5, 0.6) is 0 Å². The molecular weight excluding hydrogens is 228 g/mol. The molecule has 0 heterocycles. The quantitative estimate of drug-likeness (QED) is 0.689. The number of rotatable bonds is 5. The van der Waals surface area contributed by atoms with Crippen LogP contribution in [-0.2, 0) is 9.59 Å². The van der Waals surface area contributed by atoms with Crippen molar-refractivity contribution >= 4 is 23.6 Å². The fraction of sp³-hybridized carbons (Fsp3) is 0.700. The van der Waals surface area contributed by atoms with Crippen LogP contribution < -0.4 is 5.32 Å². The van der Waals surface area contributed by atoms with Gasteiger partial charge in [-0.15, -0.1) is 11.8 Å². The highest BCUT2D eigenvalue weighted by molar-refractivity contribution is 8.00. The maximum atomic E-state index is 11.4. The van der Waals surface area contributed by atoms with Gasteiger partial charge in [0.15, 0.2) is 0 Å². The summed E-state index contributed by atoms with van der Waals surface area (Å²) in [7, 11) is 0. The van der Waals surface area contributed by atoms with Crippen LogP contribution in [0.1, 0.15) is 19.3 Å². The van der Waals surface area contributed by atoms with Gasteiger partial charge in [-0.2, -0.15) is 5.26 Å². The van der Waals surface area contributed by atoms with Gasteiger partial charge in [0.25, 0.3) is 0 Å². The third-order valence-corrected chi connectivity index (χ3v) is 3.35. The third kappa shape index (κ3) is 4.11. The van der Waals surface area contributed by atoms with Crippen molar-refractivity contribution in [1.82, 2.24) is 5.32 Å². The van der Waals surface area contributed by atoms with Crippen molar-refractivity contribution in [2.45, 2.75) is 25.3 Å². The minimum absolute atomic E-state index is 0.0173. The zero-order valence-corrected chi connectivity index (χ0v) is 9.63. The highest BCUT2D eigenvalue weighted by atomic mass is 32.2. The molecule has 6 heteroatoms. The van der Waals surface area contributed by atoms with E-state index in [9.17, 15) is 9.59 Å². The Morgan fingerprint density at radius 1 is 1.50 bits per heavy atom. The lowest BCUT2D eigenvalue weighted by Gasteiger charge is -2.11. The second kappa shape index (κ2) is 6.38. The lowest BCUT2D eigenvalue weighted by atomic mass is 10.1. The lowest BCUT2D eigenvalue weighted by Crippen LogP contribution is -2.34. The van der Waals surface area contributed by atoms with Crippen molar-refractivity contribution in [3.8, 4) is 6.07 Å². The van der Waals surface area contributed by atoms with Crippen LogP contribution in [0.15, 0.2) is 0 Å². The number of amides is 1. The molecule has 0 aromatic heterocycles. The summed E-state index contributed by atoms with van der Waals surface area (Å²) in [5.41, 5.74) is 0. The molecule has 1 fully saturated rings. The Morgan fingerprint density at radius 2 is 2.25 bits per heavy atom. The average Bonchev–Trinajstić information content (AvgIpc) is 2.66. The first-order valence-electron chi connectivity index (χ1n) is 5.10. The number of hydrogen-bond acceptors (Lipinski definition) is 4. The predicted octanol–water partition coefficient (Wildman–Crippen LogP) is 0.613. The Hall–Kier alpha value is -1.22. The Kier molecular flexibility index (Phi) is 5.12. The number of carbonyl (C=O) groups is 2. The molecule has 0 bridgehead atoms. The number of aliphatic carboxylic acids is 1. The van der Waals surface area contributed by atoms with Crippen molar-refractivity contribution in [3.63, 3.8) is 0 Å². The molecular formula is C10H14N2O3S. The normalized spacial score (nSPS) is 23.7. The standard InChI is InChI=1S/C10H14N2O3S/c11-3-4-16-6-9(13)12-8-2-1-7(5-8)10(14)15/h7-8H,1-2,4-6H2,(H,12,13)(H,14,15). The number of carbonyl (C=O) groups excluding carboxylic acids is 1. The second-order valence-corrected chi connectivity index (χ2v) is 4.75. The van der Waals surface area contributed by atoms with Gasteiger partial charge >= 0.3 is 5.97 Å². The first kappa shape index (κ1) is 12.8. The number of nitriles is 1. The number of nitrogens with one attached hydrogen (secondary N) is 1. The minimum Gasteiger partial charge on any atom is -0.481 e. The SMILES string of the molecule is N#CCSCC(=O)NC1CCC(C(=O)O)C1. The van der Waals surface area contributed by atoms with E-state index in [2.05, 4.69) is 5.32 Å². The van der Waals surface area contributed by atoms with E-state index < -0.39 is 5.97 Å². The van der Waals surface area contributed by atoms with Crippen molar-refractivity contribution in [3.05, 3.63) is 0 Å². The maximum Gasteiger partial charge on any atom is 0.306 e. The van der Waals surface area contributed by atoms with E-state index in [1.165, 1.54) is 11.8 Å². The summed E-state index contributed by atoms with van der Waals surface area (Å²) in [5, 5.41) is 19.9. The molecule has 1 rings (SSSR count). The Labute approximate surface area is 98.2 Å². The van der Waals surface area contributed by atoms with Gasteiger partial charge in [0.2, 0.25) is 5.91 Å². The van der Waals surface area contributed by atoms with Gasteiger partial charge in [0, 0.05) is 6.04 Å². The van der Waals surface area contributed by atoms with E-state index in [-0.39, 0.29) is 23.6 Å². The molecule has 0 aliphatic heterocycles. The molecule has 2 N–H and O–H groups in total. The fourth-order valence-electron chi connectivity index (χ4n) is 1.80. The van der Waals surface area contributed by atoms with Crippen LogP contribution in [0.4, 0.5) is 0 Å². The lowest BCUT2D eigenvalue weighted by molar-refractivity contribution is -0.141. The Balaban J connectivity index is 2.21. The van der Waals surface area contributed by atoms with Crippen LogP contribution in [0.3, 0.4) is 0 Å². The van der Waals surface area contributed by atoms with Crippen molar-refractivity contribution in [1.29, 1.82) is 5.26 Å². The zero-order chi connectivity index (χ0) is 12.0. The number of nitrogens with zero attached hydrogens (tertiary/aromatic N) is 1. The molecule has 2 unspecified atom stereocenters. The molecule has 88 valence electrons. The van der Waals surface area contributed by atoms with Gasteiger partial charge in [-0.3, -0.25) is 9.59 Å². The van der Waals surface area contributed by atoms with E-state index >= 15 is 0 Å². The van der Waals surface area contributed by atoms with Crippen molar-refractivity contribution < 1.29 is 14.7 Å². The zero-order valence-electron chi connectivity index (χ0n) is 8.81. The smallest absolute Gasteiger partial charge is 0.306 e. The molecule has 1 aliphatic rings.